The molecule has 2 nitrogen and oxygen atoms in total. The molecule has 3 rings (SSSR count). The van der Waals surface area contributed by atoms with Gasteiger partial charge in [0.2, 0.25) is 0 Å². The summed E-state index contributed by atoms with van der Waals surface area (Å²) in [5.74, 6) is 0.403. The van der Waals surface area contributed by atoms with E-state index in [0.717, 1.165) is 21.0 Å². The molecule has 0 aliphatic rings. The third-order valence-electron chi connectivity index (χ3n) is 3.35. The summed E-state index contributed by atoms with van der Waals surface area (Å²) in [4.78, 5) is 0. The maximum atomic E-state index is 13.5. The number of furan rings is 1. The van der Waals surface area contributed by atoms with Gasteiger partial charge in [0.05, 0.1) is 15.0 Å². The Kier molecular flexibility index (Phi) is 4.15. The number of fused-ring (bicyclic) bond motifs is 1. The van der Waals surface area contributed by atoms with Crippen LogP contribution >= 0.6 is 31.9 Å². The molecule has 1 unspecified atom stereocenters. The van der Waals surface area contributed by atoms with E-state index in [0.29, 0.717) is 16.7 Å². The number of rotatable bonds is 3. The van der Waals surface area contributed by atoms with E-state index in [1.54, 1.807) is 6.07 Å². The Morgan fingerprint density at radius 2 is 1.90 bits per heavy atom. The summed E-state index contributed by atoms with van der Waals surface area (Å²) < 4.78 is 20.7. The van der Waals surface area contributed by atoms with Crippen LogP contribution in [0, 0.1) is 5.82 Å². The van der Waals surface area contributed by atoms with Crippen molar-refractivity contribution in [3.8, 4) is 0 Å². The van der Waals surface area contributed by atoms with E-state index in [9.17, 15) is 4.39 Å². The zero-order valence-corrected chi connectivity index (χ0v) is 14.1. The van der Waals surface area contributed by atoms with E-state index >= 15 is 0 Å². The van der Waals surface area contributed by atoms with Crippen molar-refractivity contribution in [3.05, 3.63) is 68.6 Å². The molecule has 0 aliphatic heterocycles. The second-order valence-corrected chi connectivity index (χ2v) is 6.48. The van der Waals surface area contributed by atoms with Crippen molar-refractivity contribution < 1.29 is 8.81 Å². The molecule has 21 heavy (non-hydrogen) atoms. The molecule has 108 valence electrons. The third-order valence-corrected chi connectivity index (χ3v) is 4.86. The van der Waals surface area contributed by atoms with Crippen molar-refractivity contribution in [1.82, 2.24) is 0 Å². The highest BCUT2D eigenvalue weighted by Gasteiger charge is 2.16. The van der Waals surface area contributed by atoms with Gasteiger partial charge in [-0.3, -0.25) is 0 Å². The molecule has 0 spiro atoms. The van der Waals surface area contributed by atoms with Crippen LogP contribution < -0.4 is 5.73 Å². The van der Waals surface area contributed by atoms with Crippen LogP contribution in [0.1, 0.15) is 17.4 Å². The predicted octanol–water partition coefficient (Wildman–Crippen LogP) is 5.34. The van der Waals surface area contributed by atoms with Crippen molar-refractivity contribution in [2.45, 2.75) is 12.5 Å². The van der Waals surface area contributed by atoms with Crippen LogP contribution in [0.15, 0.2) is 55.8 Å². The molecule has 2 N–H and O–H groups in total. The number of benzene rings is 2. The summed E-state index contributed by atoms with van der Waals surface area (Å²) in [6.07, 6.45) is 0.496. The van der Waals surface area contributed by atoms with E-state index in [2.05, 4.69) is 31.9 Å². The zero-order chi connectivity index (χ0) is 15.0. The highest BCUT2D eigenvalue weighted by Crippen LogP contribution is 2.31. The first-order chi connectivity index (χ1) is 10.1. The molecular formula is C16H12Br2FNO. The van der Waals surface area contributed by atoms with Gasteiger partial charge >= 0.3 is 0 Å². The fourth-order valence-corrected chi connectivity index (χ4v) is 3.16. The second kappa shape index (κ2) is 5.91. The molecule has 1 heterocycles. The van der Waals surface area contributed by atoms with Gasteiger partial charge < -0.3 is 10.2 Å². The molecule has 1 aromatic heterocycles. The molecule has 0 fully saturated rings. The standard InChI is InChI=1S/C16H12Br2FNO/c17-11-5-1-4-10-8-14(21-16(10)11)13(20)7-9-3-2-6-12(19)15(9)18/h1-6,8,13H,7,20H2. The molecule has 0 saturated heterocycles. The van der Waals surface area contributed by atoms with E-state index < -0.39 is 0 Å². The Labute approximate surface area is 138 Å². The molecule has 0 bridgehead atoms. The molecule has 1 atom stereocenters. The molecule has 0 radical (unpaired) electrons. The van der Waals surface area contributed by atoms with Gasteiger partial charge in [0.25, 0.3) is 0 Å². The molecule has 2 aromatic carbocycles. The quantitative estimate of drug-likeness (QED) is 0.630. The monoisotopic (exact) mass is 411 g/mol. The minimum atomic E-state index is -0.331. The van der Waals surface area contributed by atoms with Crippen LogP contribution in [0.5, 0.6) is 0 Å². The Morgan fingerprint density at radius 3 is 2.67 bits per heavy atom. The van der Waals surface area contributed by atoms with Crippen molar-refractivity contribution >= 4 is 42.8 Å². The summed E-state index contributed by atoms with van der Waals surface area (Å²) >= 11 is 6.71. The second-order valence-electron chi connectivity index (χ2n) is 4.83. The molecule has 0 aliphatic carbocycles. The van der Waals surface area contributed by atoms with Gasteiger partial charge in [-0.15, -0.1) is 0 Å². The number of halogens is 3. The van der Waals surface area contributed by atoms with Gasteiger partial charge in [-0.2, -0.15) is 0 Å². The molecule has 3 aromatic rings. The topological polar surface area (TPSA) is 39.2 Å². The first-order valence-corrected chi connectivity index (χ1v) is 8.01. The maximum absolute atomic E-state index is 13.5. The summed E-state index contributed by atoms with van der Waals surface area (Å²) in [6, 6.07) is 12.4. The highest BCUT2D eigenvalue weighted by molar-refractivity contribution is 9.11. The van der Waals surface area contributed by atoms with Crippen molar-refractivity contribution in [3.63, 3.8) is 0 Å². The average Bonchev–Trinajstić information content (AvgIpc) is 2.89. The minimum Gasteiger partial charge on any atom is -0.458 e. The SMILES string of the molecule is NC(Cc1cccc(F)c1Br)c1cc2cccc(Br)c2o1. The van der Waals surface area contributed by atoms with E-state index in [-0.39, 0.29) is 11.9 Å². The van der Waals surface area contributed by atoms with E-state index in [1.807, 2.05) is 30.3 Å². The van der Waals surface area contributed by atoms with Gasteiger partial charge in [-0.25, -0.2) is 4.39 Å². The van der Waals surface area contributed by atoms with Crippen LogP contribution in [0.3, 0.4) is 0 Å². The lowest BCUT2D eigenvalue weighted by Crippen LogP contribution is -2.13. The lowest BCUT2D eigenvalue weighted by Gasteiger charge is -2.10. The highest BCUT2D eigenvalue weighted by atomic mass is 79.9. The fourth-order valence-electron chi connectivity index (χ4n) is 2.27. The molecule has 0 amide bonds. The molecule has 0 saturated carbocycles. The Hall–Kier alpha value is -1.17. The summed E-state index contributed by atoms with van der Waals surface area (Å²) in [7, 11) is 0. The number of hydrogen-bond acceptors (Lipinski definition) is 2. The smallest absolute Gasteiger partial charge is 0.148 e. The summed E-state index contributed by atoms with van der Waals surface area (Å²) in [5.41, 5.74) is 7.81. The van der Waals surface area contributed by atoms with Gasteiger partial charge in [0.15, 0.2) is 0 Å². The first-order valence-electron chi connectivity index (χ1n) is 6.42. The lowest BCUT2D eigenvalue weighted by molar-refractivity contribution is 0.491. The van der Waals surface area contributed by atoms with Gasteiger partial charge in [-0.05, 0) is 62.0 Å². The normalized spacial score (nSPS) is 12.8. The third kappa shape index (κ3) is 2.91. The van der Waals surface area contributed by atoms with Crippen molar-refractivity contribution in [1.29, 1.82) is 0 Å². The van der Waals surface area contributed by atoms with Crippen molar-refractivity contribution in [2.75, 3.05) is 0 Å². The molecular weight excluding hydrogens is 401 g/mol. The van der Waals surface area contributed by atoms with Crippen LogP contribution in [-0.4, -0.2) is 0 Å². The van der Waals surface area contributed by atoms with E-state index in [1.165, 1.54) is 6.07 Å². The summed E-state index contributed by atoms with van der Waals surface area (Å²) in [6.45, 7) is 0. The van der Waals surface area contributed by atoms with Crippen LogP contribution in [0.4, 0.5) is 4.39 Å². The van der Waals surface area contributed by atoms with Crippen LogP contribution in [0.2, 0.25) is 0 Å². The van der Waals surface area contributed by atoms with Gasteiger partial charge in [0, 0.05) is 5.39 Å². The Balaban J connectivity index is 1.92. The fraction of sp³-hybridized carbons (Fsp3) is 0.125. The average molecular weight is 413 g/mol. The van der Waals surface area contributed by atoms with Crippen LogP contribution in [-0.2, 0) is 6.42 Å². The lowest BCUT2D eigenvalue weighted by atomic mass is 10.0. The Bertz CT molecular complexity index is 800. The number of para-hydroxylation sites is 1. The van der Waals surface area contributed by atoms with Gasteiger partial charge in [-0.1, -0.05) is 24.3 Å². The largest absolute Gasteiger partial charge is 0.458 e. The first kappa shape index (κ1) is 14.8. The van der Waals surface area contributed by atoms with Crippen LogP contribution in [0.25, 0.3) is 11.0 Å². The zero-order valence-electron chi connectivity index (χ0n) is 10.9. The maximum Gasteiger partial charge on any atom is 0.148 e. The minimum absolute atomic E-state index is 0.285. The van der Waals surface area contributed by atoms with Gasteiger partial charge in [0.1, 0.15) is 17.2 Å². The van der Waals surface area contributed by atoms with Crippen molar-refractivity contribution in [2.24, 2.45) is 5.73 Å². The number of hydrogen-bond donors (Lipinski definition) is 1. The Morgan fingerprint density at radius 1 is 1.14 bits per heavy atom. The predicted molar refractivity (Wildman–Crippen MR) is 88.6 cm³/mol. The summed E-state index contributed by atoms with van der Waals surface area (Å²) in [5, 5.41) is 0.994. The number of nitrogens with two attached hydrogens (primary N) is 1. The molecule has 5 heteroatoms. The van der Waals surface area contributed by atoms with E-state index in [4.69, 9.17) is 10.2 Å².